The first-order chi connectivity index (χ1) is 10.1. The van der Waals surface area contributed by atoms with Gasteiger partial charge in [0.15, 0.2) is 0 Å². The maximum Gasteiger partial charge on any atom is 0.253 e. The molecule has 0 aliphatic carbocycles. The lowest BCUT2D eigenvalue weighted by molar-refractivity contribution is -0.121. The Labute approximate surface area is 122 Å². The summed E-state index contributed by atoms with van der Waals surface area (Å²) in [6, 6.07) is 7.32. The van der Waals surface area contributed by atoms with Gasteiger partial charge in [0.2, 0.25) is 5.91 Å². The number of hydrogen-bond acceptors (Lipinski definition) is 3. The maximum atomic E-state index is 12.4. The van der Waals surface area contributed by atoms with Crippen molar-refractivity contribution in [3.05, 3.63) is 48.5 Å². The van der Waals surface area contributed by atoms with Crippen molar-refractivity contribution in [2.24, 2.45) is 11.7 Å². The fraction of sp³-hybridized carbons (Fsp3) is 0.267. The van der Waals surface area contributed by atoms with E-state index in [9.17, 15) is 9.59 Å². The molecule has 1 atom stereocenters. The third-order valence-electron chi connectivity index (χ3n) is 3.79. The molecule has 1 aliphatic rings. The molecule has 1 fully saturated rings. The Hall–Kier alpha value is -2.63. The van der Waals surface area contributed by atoms with Crippen molar-refractivity contribution in [2.45, 2.75) is 6.42 Å². The van der Waals surface area contributed by atoms with Crippen LogP contribution in [0.1, 0.15) is 16.8 Å². The zero-order chi connectivity index (χ0) is 14.8. The van der Waals surface area contributed by atoms with Crippen LogP contribution in [0.2, 0.25) is 0 Å². The molecule has 6 heteroatoms. The highest BCUT2D eigenvalue weighted by molar-refractivity contribution is 5.95. The van der Waals surface area contributed by atoms with Gasteiger partial charge < -0.3 is 15.2 Å². The van der Waals surface area contributed by atoms with Gasteiger partial charge in [0.1, 0.15) is 0 Å². The van der Waals surface area contributed by atoms with Crippen molar-refractivity contribution < 1.29 is 9.59 Å². The molecular weight excluding hydrogens is 268 g/mol. The van der Waals surface area contributed by atoms with Crippen LogP contribution in [0.3, 0.4) is 0 Å². The fourth-order valence-electron chi connectivity index (χ4n) is 2.55. The van der Waals surface area contributed by atoms with Gasteiger partial charge in [-0.2, -0.15) is 0 Å². The zero-order valence-corrected chi connectivity index (χ0v) is 11.5. The van der Waals surface area contributed by atoms with E-state index >= 15 is 0 Å². The second-order valence-corrected chi connectivity index (χ2v) is 5.16. The number of benzene rings is 1. The van der Waals surface area contributed by atoms with Gasteiger partial charge in [-0.05, 0) is 30.7 Å². The van der Waals surface area contributed by atoms with Gasteiger partial charge in [0.25, 0.3) is 5.91 Å². The number of nitrogens with zero attached hydrogens (tertiary/aromatic N) is 3. The number of amides is 2. The molecule has 0 saturated carbocycles. The quantitative estimate of drug-likeness (QED) is 0.906. The number of likely N-dealkylation sites (tertiary alicyclic amines) is 1. The second kappa shape index (κ2) is 5.40. The Morgan fingerprint density at radius 2 is 2.00 bits per heavy atom. The van der Waals surface area contributed by atoms with Gasteiger partial charge in [0.05, 0.1) is 12.2 Å². The molecule has 1 aliphatic heterocycles. The number of nitrogens with two attached hydrogens (primary N) is 1. The minimum absolute atomic E-state index is 0.0593. The molecule has 2 aromatic rings. The van der Waals surface area contributed by atoms with Crippen molar-refractivity contribution in [3.63, 3.8) is 0 Å². The number of hydrogen-bond donors (Lipinski definition) is 1. The van der Waals surface area contributed by atoms with Gasteiger partial charge in [-0.3, -0.25) is 9.59 Å². The highest BCUT2D eigenvalue weighted by Gasteiger charge is 2.30. The molecule has 1 aromatic carbocycles. The Balaban J connectivity index is 1.72. The fourth-order valence-corrected chi connectivity index (χ4v) is 2.55. The number of carbonyl (C=O) groups excluding carboxylic acids is 2. The third kappa shape index (κ3) is 2.65. The van der Waals surface area contributed by atoms with Gasteiger partial charge >= 0.3 is 0 Å². The first-order valence-electron chi connectivity index (χ1n) is 6.82. The van der Waals surface area contributed by atoms with Crippen LogP contribution in [-0.4, -0.2) is 39.4 Å². The van der Waals surface area contributed by atoms with Crippen LogP contribution in [0.5, 0.6) is 0 Å². The molecule has 21 heavy (non-hydrogen) atoms. The number of aromatic nitrogens is 2. The molecule has 1 aromatic heterocycles. The van der Waals surface area contributed by atoms with E-state index in [1.807, 2.05) is 22.9 Å². The van der Waals surface area contributed by atoms with Crippen molar-refractivity contribution in [1.29, 1.82) is 0 Å². The average Bonchev–Trinajstić information content (AvgIpc) is 3.18. The second-order valence-electron chi connectivity index (χ2n) is 5.16. The van der Waals surface area contributed by atoms with E-state index in [1.165, 1.54) is 0 Å². The predicted molar refractivity (Wildman–Crippen MR) is 76.8 cm³/mol. The predicted octanol–water partition coefficient (Wildman–Crippen LogP) is 0.820. The lowest BCUT2D eigenvalue weighted by atomic mass is 10.1. The SMILES string of the molecule is NC(=O)C1CCN(C(=O)c2ccc(-n3ccnc3)cc2)C1. The van der Waals surface area contributed by atoms with E-state index in [0.29, 0.717) is 25.1 Å². The number of rotatable bonds is 3. The Kier molecular flexibility index (Phi) is 3.43. The van der Waals surface area contributed by atoms with Crippen LogP contribution >= 0.6 is 0 Å². The third-order valence-corrected chi connectivity index (χ3v) is 3.79. The summed E-state index contributed by atoms with van der Waals surface area (Å²) >= 11 is 0. The molecule has 6 nitrogen and oxygen atoms in total. The Morgan fingerprint density at radius 1 is 1.24 bits per heavy atom. The molecule has 1 saturated heterocycles. The van der Waals surface area contributed by atoms with E-state index in [4.69, 9.17) is 5.73 Å². The van der Waals surface area contributed by atoms with Gasteiger partial charge in [-0.15, -0.1) is 0 Å². The first kappa shape index (κ1) is 13.4. The Morgan fingerprint density at radius 3 is 2.57 bits per heavy atom. The summed E-state index contributed by atoms with van der Waals surface area (Å²) in [6.45, 7) is 0.993. The summed E-state index contributed by atoms with van der Waals surface area (Å²) in [5, 5.41) is 0. The Bertz CT molecular complexity index is 649. The largest absolute Gasteiger partial charge is 0.369 e. The van der Waals surface area contributed by atoms with Gasteiger partial charge in [0, 0.05) is 36.7 Å². The topological polar surface area (TPSA) is 81.2 Å². The summed E-state index contributed by atoms with van der Waals surface area (Å²) in [4.78, 5) is 29.2. The van der Waals surface area contributed by atoms with Crippen LogP contribution in [0.15, 0.2) is 43.0 Å². The molecule has 0 spiro atoms. The van der Waals surface area contributed by atoms with Crippen LogP contribution < -0.4 is 5.73 Å². The normalized spacial score (nSPS) is 17.9. The molecule has 2 heterocycles. The average molecular weight is 284 g/mol. The smallest absolute Gasteiger partial charge is 0.253 e. The van der Waals surface area contributed by atoms with Gasteiger partial charge in [-0.1, -0.05) is 0 Å². The summed E-state index contributed by atoms with van der Waals surface area (Å²) in [5.74, 6) is -0.615. The van der Waals surface area contributed by atoms with Gasteiger partial charge in [-0.25, -0.2) is 4.98 Å². The molecule has 2 N–H and O–H groups in total. The lowest BCUT2D eigenvalue weighted by Gasteiger charge is -2.16. The number of carbonyl (C=O) groups is 2. The van der Waals surface area contributed by atoms with Crippen molar-refractivity contribution in [1.82, 2.24) is 14.5 Å². The lowest BCUT2D eigenvalue weighted by Crippen LogP contribution is -2.31. The molecule has 3 rings (SSSR count). The first-order valence-corrected chi connectivity index (χ1v) is 6.82. The van der Waals surface area contributed by atoms with E-state index in [0.717, 1.165) is 5.69 Å². The summed E-state index contributed by atoms with van der Waals surface area (Å²) in [7, 11) is 0. The molecular formula is C15H16N4O2. The highest BCUT2D eigenvalue weighted by atomic mass is 16.2. The molecule has 108 valence electrons. The number of imidazole rings is 1. The summed E-state index contributed by atoms with van der Waals surface area (Å²) in [6.07, 6.45) is 5.89. The van der Waals surface area contributed by atoms with Crippen LogP contribution in [0.4, 0.5) is 0 Å². The van der Waals surface area contributed by atoms with Crippen molar-refractivity contribution in [2.75, 3.05) is 13.1 Å². The van der Waals surface area contributed by atoms with E-state index < -0.39 is 0 Å². The molecule has 1 unspecified atom stereocenters. The summed E-state index contributed by atoms with van der Waals surface area (Å²) < 4.78 is 1.87. The minimum Gasteiger partial charge on any atom is -0.369 e. The number of primary amides is 1. The molecule has 0 radical (unpaired) electrons. The summed E-state index contributed by atoms with van der Waals surface area (Å²) in [5.41, 5.74) is 6.85. The van der Waals surface area contributed by atoms with E-state index in [1.54, 1.807) is 29.6 Å². The van der Waals surface area contributed by atoms with Crippen LogP contribution in [-0.2, 0) is 4.79 Å². The van der Waals surface area contributed by atoms with E-state index in [2.05, 4.69) is 4.98 Å². The molecule has 0 bridgehead atoms. The van der Waals surface area contributed by atoms with Crippen molar-refractivity contribution >= 4 is 11.8 Å². The van der Waals surface area contributed by atoms with Crippen LogP contribution in [0.25, 0.3) is 5.69 Å². The zero-order valence-electron chi connectivity index (χ0n) is 11.5. The highest BCUT2D eigenvalue weighted by Crippen LogP contribution is 2.19. The monoisotopic (exact) mass is 284 g/mol. The maximum absolute atomic E-state index is 12.4. The van der Waals surface area contributed by atoms with E-state index in [-0.39, 0.29) is 17.7 Å². The standard InChI is InChI=1S/C15H16N4O2/c16-14(20)12-5-7-18(9-12)15(21)11-1-3-13(4-2-11)19-8-6-17-10-19/h1-4,6,8,10,12H,5,7,9H2,(H2,16,20). The minimum atomic E-state index is -0.333. The van der Waals surface area contributed by atoms with Crippen LogP contribution in [0, 0.1) is 5.92 Å². The van der Waals surface area contributed by atoms with Crippen molar-refractivity contribution in [3.8, 4) is 5.69 Å². The molecule has 2 amide bonds.